The highest BCUT2D eigenvalue weighted by Gasteiger charge is 2.19. The maximum Gasteiger partial charge on any atom is 0.318 e. The van der Waals surface area contributed by atoms with Crippen molar-refractivity contribution >= 4 is 45.4 Å². The Morgan fingerprint density at radius 3 is 2.62 bits per heavy atom. The number of amides is 1. The molecule has 1 heterocycles. The van der Waals surface area contributed by atoms with E-state index in [1.807, 2.05) is 36.4 Å². The van der Waals surface area contributed by atoms with Gasteiger partial charge in [0.2, 0.25) is 0 Å². The van der Waals surface area contributed by atoms with Gasteiger partial charge < -0.3 is 10.1 Å². The first kappa shape index (κ1) is 21.1. The molecule has 1 aromatic heterocycles. The van der Waals surface area contributed by atoms with Crippen LogP contribution in [-0.2, 0) is 16.1 Å². The third kappa shape index (κ3) is 5.48. The summed E-state index contributed by atoms with van der Waals surface area (Å²) in [5.41, 5.74) is 1.56. The Kier molecular flexibility index (Phi) is 7.11. The zero-order valence-electron chi connectivity index (χ0n) is 16.0. The van der Waals surface area contributed by atoms with Gasteiger partial charge in [-0.3, -0.25) is 9.59 Å². The van der Waals surface area contributed by atoms with Crippen molar-refractivity contribution in [3.05, 3.63) is 76.4 Å². The minimum absolute atomic E-state index is 0.261. The molecule has 1 atom stereocenters. The fourth-order valence-corrected chi connectivity index (χ4v) is 3.96. The second kappa shape index (κ2) is 9.76. The third-order valence-corrected chi connectivity index (χ3v) is 5.86. The van der Waals surface area contributed by atoms with E-state index < -0.39 is 5.25 Å². The first-order valence-electron chi connectivity index (χ1n) is 8.89. The van der Waals surface area contributed by atoms with Gasteiger partial charge in [0, 0.05) is 15.4 Å². The Balaban J connectivity index is 1.75. The van der Waals surface area contributed by atoms with Gasteiger partial charge >= 0.3 is 5.97 Å². The van der Waals surface area contributed by atoms with E-state index in [-0.39, 0.29) is 11.9 Å². The van der Waals surface area contributed by atoms with Gasteiger partial charge in [0.25, 0.3) is 5.91 Å². The lowest BCUT2D eigenvalue weighted by atomic mass is 10.2. The number of anilines is 1. The molecule has 1 N–H and O–H groups in total. The number of carbonyl (C=O) groups excluding carboxylic acids is 2. The van der Waals surface area contributed by atoms with Crippen LogP contribution in [0.5, 0.6) is 0 Å². The number of esters is 1. The number of hydrogen-bond donors (Lipinski definition) is 1. The molecule has 0 saturated carbocycles. The van der Waals surface area contributed by atoms with E-state index in [4.69, 9.17) is 4.74 Å². The Hall–Kier alpha value is -2.58. The zero-order chi connectivity index (χ0) is 20.8. The van der Waals surface area contributed by atoms with Crippen molar-refractivity contribution in [2.75, 3.05) is 12.4 Å². The van der Waals surface area contributed by atoms with E-state index in [0.29, 0.717) is 22.8 Å². The van der Waals surface area contributed by atoms with Gasteiger partial charge in [-0.2, -0.15) is 5.10 Å². The summed E-state index contributed by atoms with van der Waals surface area (Å²) in [7, 11) is 1.35. The molecule has 29 heavy (non-hydrogen) atoms. The van der Waals surface area contributed by atoms with Crippen molar-refractivity contribution in [2.24, 2.45) is 0 Å². The lowest BCUT2D eigenvalue weighted by Crippen LogP contribution is -2.18. The molecule has 3 aromatic rings. The maximum atomic E-state index is 12.9. The van der Waals surface area contributed by atoms with Crippen molar-refractivity contribution in [2.45, 2.75) is 23.6 Å². The van der Waals surface area contributed by atoms with E-state index >= 15 is 0 Å². The number of carbonyl (C=O) groups is 2. The van der Waals surface area contributed by atoms with Crippen LogP contribution in [0.15, 0.2) is 70.2 Å². The summed E-state index contributed by atoms with van der Waals surface area (Å²) in [4.78, 5) is 25.4. The molecule has 0 saturated heterocycles. The van der Waals surface area contributed by atoms with Crippen LogP contribution in [0.3, 0.4) is 0 Å². The lowest BCUT2D eigenvalue weighted by molar-refractivity contribution is -0.139. The fraction of sp³-hybridized carbons (Fsp3) is 0.190. The van der Waals surface area contributed by atoms with Gasteiger partial charge in [-0.15, -0.1) is 11.8 Å². The molecule has 0 aliphatic rings. The number of benzene rings is 2. The topological polar surface area (TPSA) is 73.2 Å². The molecule has 0 fully saturated rings. The summed E-state index contributed by atoms with van der Waals surface area (Å²) in [6.07, 6.45) is 1.65. The molecule has 2 aromatic carbocycles. The van der Waals surface area contributed by atoms with Gasteiger partial charge in [0.05, 0.1) is 25.4 Å². The molecular weight excluding hydrogens is 454 g/mol. The van der Waals surface area contributed by atoms with E-state index in [2.05, 4.69) is 26.3 Å². The van der Waals surface area contributed by atoms with Crippen LogP contribution in [0.4, 0.5) is 5.82 Å². The predicted molar refractivity (Wildman–Crippen MR) is 117 cm³/mol. The highest BCUT2D eigenvalue weighted by atomic mass is 79.9. The standard InChI is InChI=1S/C21H20BrN3O3S/c1-14(21(27)28-2)29-18-6-4-3-5-17(18)20(26)24-19-11-12-23-25(19)13-15-7-9-16(22)10-8-15/h3-12,14H,13H2,1-2H3,(H,24,26). The molecule has 8 heteroatoms. The number of rotatable bonds is 7. The zero-order valence-corrected chi connectivity index (χ0v) is 18.4. The summed E-state index contributed by atoms with van der Waals surface area (Å²) in [5, 5.41) is 6.81. The smallest absolute Gasteiger partial charge is 0.318 e. The normalized spacial score (nSPS) is 11.7. The number of halogens is 1. The van der Waals surface area contributed by atoms with E-state index in [1.165, 1.54) is 18.9 Å². The van der Waals surface area contributed by atoms with E-state index in [9.17, 15) is 9.59 Å². The second-order valence-corrected chi connectivity index (χ2v) is 8.53. The summed E-state index contributed by atoms with van der Waals surface area (Å²) >= 11 is 4.71. The SMILES string of the molecule is COC(=O)C(C)Sc1ccccc1C(=O)Nc1ccnn1Cc1ccc(Br)cc1. The number of aromatic nitrogens is 2. The molecule has 150 valence electrons. The number of thioether (sulfide) groups is 1. The van der Waals surface area contributed by atoms with Gasteiger partial charge in [0.1, 0.15) is 11.1 Å². The van der Waals surface area contributed by atoms with Crippen molar-refractivity contribution < 1.29 is 14.3 Å². The number of nitrogens with zero attached hydrogens (tertiary/aromatic N) is 2. The fourth-order valence-electron chi connectivity index (χ4n) is 2.67. The molecular formula is C21H20BrN3O3S. The van der Waals surface area contributed by atoms with Crippen LogP contribution in [0.1, 0.15) is 22.8 Å². The third-order valence-electron chi connectivity index (χ3n) is 4.17. The predicted octanol–water partition coefficient (Wildman–Crippen LogP) is 4.60. The molecule has 6 nitrogen and oxygen atoms in total. The van der Waals surface area contributed by atoms with E-state index in [1.54, 1.807) is 36.0 Å². The van der Waals surface area contributed by atoms with Crippen LogP contribution < -0.4 is 5.32 Å². The van der Waals surface area contributed by atoms with Gasteiger partial charge in [-0.1, -0.05) is 40.2 Å². The minimum atomic E-state index is -0.420. The molecule has 1 amide bonds. The van der Waals surface area contributed by atoms with Crippen molar-refractivity contribution in [1.82, 2.24) is 9.78 Å². The average molecular weight is 474 g/mol. The van der Waals surface area contributed by atoms with Crippen molar-refractivity contribution in [3.63, 3.8) is 0 Å². The van der Waals surface area contributed by atoms with Crippen LogP contribution in [-0.4, -0.2) is 34.0 Å². The maximum absolute atomic E-state index is 12.9. The number of ether oxygens (including phenoxy) is 1. The first-order valence-corrected chi connectivity index (χ1v) is 10.6. The monoisotopic (exact) mass is 473 g/mol. The molecule has 0 bridgehead atoms. The summed E-state index contributed by atoms with van der Waals surface area (Å²) in [6, 6.07) is 16.9. The molecule has 3 rings (SSSR count). The second-order valence-electron chi connectivity index (χ2n) is 6.23. The average Bonchev–Trinajstić information content (AvgIpc) is 3.15. The molecule has 0 aliphatic carbocycles. The summed E-state index contributed by atoms with van der Waals surface area (Å²) < 4.78 is 7.51. The van der Waals surface area contributed by atoms with Crippen LogP contribution in [0.25, 0.3) is 0 Å². The quantitative estimate of drug-likeness (QED) is 0.400. The van der Waals surface area contributed by atoms with Gasteiger partial charge in [0.15, 0.2) is 0 Å². The molecule has 0 aliphatic heterocycles. The summed E-state index contributed by atoms with van der Waals surface area (Å²) in [5.74, 6) is -0.000699. The van der Waals surface area contributed by atoms with E-state index in [0.717, 1.165) is 10.0 Å². The highest BCUT2D eigenvalue weighted by Crippen LogP contribution is 2.28. The Morgan fingerprint density at radius 1 is 1.17 bits per heavy atom. The van der Waals surface area contributed by atoms with Crippen LogP contribution in [0.2, 0.25) is 0 Å². The van der Waals surface area contributed by atoms with Gasteiger partial charge in [-0.05, 0) is 36.8 Å². The Labute approximate surface area is 181 Å². The van der Waals surface area contributed by atoms with Crippen molar-refractivity contribution in [1.29, 1.82) is 0 Å². The number of hydrogen-bond acceptors (Lipinski definition) is 5. The number of methoxy groups -OCH3 is 1. The van der Waals surface area contributed by atoms with Crippen LogP contribution >= 0.6 is 27.7 Å². The molecule has 0 radical (unpaired) electrons. The highest BCUT2D eigenvalue weighted by molar-refractivity contribution is 9.10. The lowest BCUT2D eigenvalue weighted by Gasteiger charge is -2.14. The summed E-state index contributed by atoms with van der Waals surface area (Å²) in [6.45, 7) is 2.28. The molecule has 0 spiro atoms. The minimum Gasteiger partial charge on any atom is -0.468 e. The Morgan fingerprint density at radius 2 is 1.90 bits per heavy atom. The van der Waals surface area contributed by atoms with Crippen LogP contribution in [0, 0.1) is 0 Å². The van der Waals surface area contributed by atoms with Gasteiger partial charge in [-0.25, -0.2) is 4.68 Å². The number of nitrogens with one attached hydrogen (secondary N) is 1. The van der Waals surface area contributed by atoms with Crippen molar-refractivity contribution in [3.8, 4) is 0 Å². The largest absolute Gasteiger partial charge is 0.468 e. The molecule has 1 unspecified atom stereocenters. The first-order chi connectivity index (χ1) is 14.0. The Bertz CT molecular complexity index is 1000.